The lowest BCUT2D eigenvalue weighted by molar-refractivity contribution is 0.145. The molecule has 0 aliphatic carbocycles. The zero-order valence-electron chi connectivity index (χ0n) is 7.65. The summed E-state index contributed by atoms with van der Waals surface area (Å²) in [5.74, 6) is 0. The number of isocyanates is 1. The van der Waals surface area contributed by atoms with E-state index in [1.807, 2.05) is 0 Å². The van der Waals surface area contributed by atoms with Gasteiger partial charge in [0.25, 0.3) is 0 Å². The van der Waals surface area contributed by atoms with Crippen molar-refractivity contribution in [3.8, 4) is 0 Å². The molecule has 2 unspecified atom stereocenters. The molecular weight excluding hydrogens is 170 g/mol. The van der Waals surface area contributed by atoms with Crippen molar-refractivity contribution in [3.05, 3.63) is 6.92 Å². The van der Waals surface area contributed by atoms with E-state index in [9.17, 15) is 9.90 Å². The van der Waals surface area contributed by atoms with Crippen LogP contribution in [0.15, 0.2) is 4.99 Å². The summed E-state index contributed by atoms with van der Waals surface area (Å²) >= 11 is 0. The lowest BCUT2D eigenvalue weighted by Crippen LogP contribution is -2.21. The Morgan fingerprint density at radius 1 is 1.38 bits per heavy atom. The van der Waals surface area contributed by atoms with Gasteiger partial charge in [0.2, 0.25) is 6.08 Å². The molecule has 0 aromatic carbocycles. The van der Waals surface area contributed by atoms with Crippen LogP contribution in [-0.4, -0.2) is 35.0 Å². The number of aliphatic hydroxyl groups is 2. The molecule has 0 aliphatic rings. The van der Waals surface area contributed by atoms with Crippen LogP contribution in [-0.2, 0) is 4.79 Å². The fourth-order valence-corrected chi connectivity index (χ4v) is 0.988. The van der Waals surface area contributed by atoms with Crippen molar-refractivity contribution in [2.24, 2.45) is 4.99 Å². The van der Waals surface area contributed by atoms with Crippen molar-refractivity contribution in [3.63, 3.8) is 0 Å². The standard InChI is InChI=1S/C9H16NO3/c1-8(10-7-12)9(13)5-3-2-4-6-11/h8-9,11,13H,1-6H2. The topological polar surface area (TPSA) is 69.9 Å². The van der Waals surface area contributed by atoms with Gasteiger partial charge in [0.15, 0.2) is 0 Å². The second-order valence-electron chi connectivity index (χ2n) is 2.93. The fourth-order valence-electron chi connectivity index (χ4n) is 0.988. The average Bonchev–Trinajstić information content (AvgIpc) is 2.12. The molecule has 0 aliphatic heterocycles. The minimum absolute atomic E-state index is 0.177. The van der Waals surface area contributed by atoms with E-state index < -0.39 is 12.1 Å². The van der Waals surface area contributed by atoms with Crippen molar-refractivity contribution in [1.82, 2.24) is 0 Å². The van der Waals surface area contributed by atoms with Gasteiger partial charge in [-0.1, -0.05) is 12.8 Å². The maximum atomic E-state index is 9.82. The Kier molecular flexibility index (Phi) is 7.50. The average molecular weight is 186 g/mol. The molecule has 0 aromatic rings. The van der Waals surface area contributed by atoms with E-state index in [-0.39, 0.29) is 6.61 Å². The number of hydrogen-bond acceptors (Lipinski definition) is 4. The summed E-state index contributed by atoms with van der Waals surface area (Å²) < 4.78 is 0. The van der Waals surface area contributed by atoms with Gasteiger partial charge in [-0.25, -0.2) is 4.79 Å². The van der Waals surface area contributed by atoms with Gasteiger partial charge >= 0.3 is 0 Å². The zero-order chi connectivity index (χ0) is 10.1. The minimum Gasteiger partial charge on any atom is -0.396 e. The molecule has 0 spiro atoms. The number of nitrogens with zero attached hydrogens (tertiary/aromatic N) is 1. The van der Waals surface area contributed by atoms with E-state index in [1.54, 1.807) is 0 Å². The first kappa shape index (κ1) is 12.3. The van der Waals surface area contributed by atoms with Crippen LogP contribution in [0.2, 0.25) is 0 Å². The quantitative estimate of drug-likeness (QED) is 0.344. The van der Waals surface area contributed by atoms with Gasteiger partial charge in [0, 0.05) is 6.61 Å². The molecule has 75 valence electrons. The molecule has 0 heterocycles. The molecular formula is C9H16NO3. The van der Waals surface area contributed by atoms with Gasteiger partial charge in [0.05, 0.1) is 12.1 Å². The van der Waals surface area contributed by atoms with Gasteiger partial charge < -0.3 is 10.2 Å². The van der Waals surface area contributed by atoms with Gasteiger partial charge in [-0.15, -0.1) is 0 Å². The number of aliphatic hydroxyl groups excluding tert-OH is 2. The first-order valence-corrected chi connectivity index (χ1v) is 4.41. The highest BCUT2D eigenvalue weighted by Crippen LogP contribution is 2.08. The number of unbranched alkanes of at least 4 members (excludes halogenated alkanes) is 2. The van der Waals surface area contributed by atoms with Crippen molar-refractivity contribution >= 4 is 6.08 Å². The maximum Gasteiger partial charge on any atom is 0.235 e. The second kappa shape index (κ2) is 7.92. The third-order valence-corrected chi connectivity index (χ3v) is 1.82. The molecule has 2 atom stereocenters. The zero-order valence-corrected chi connectivity index (χ0v) is 7.65. The Morgan fingerprint density at radius 2 is 2.08 bits per heavy atom. The molecule has 0 saturated carbocycles. The van der Waals surface area contributed by atoms with Crippen LogP contribution in [0.3, 0.4) is 0 Å². The molecule has 0 amide bonds. The van der Waals surface area contributed by atoms with E-state index in [2.05, 4.69) is 11.9 Å². The van der Waals surface area contributed by atoms with Gasteiger partial charge in [-0.05, 0) is 19.8 Å². The second-order valence-corrected chi connectivity index (χ2v) is 2.93. The Bertz CT molecular complexity index is 166. The Balaban J connectivity index is 3.49. The largest absolute Gasteiger partial charge is 0.396 e. The van der Waals surface area contributed by atoms with Gasteiger partial charge in [-0.3, -0.25) is 0 Å². The summed E-state index contributed by atoms with van der Waals surface area (Å²) in [6.45, 7) is 3.68. The first-order chi connectivity index (χ1) is 6.22. The lowest BCUT2D eigenvalue weighted by Gasteiger charge is -2.12. The molecule has 0 fully saturated rings. The number of aliphatic imine (C=N–C) groups is 1. The molecule has 0 saturated heterocycles. The fraction of sp³-hybridized carbons (Fsp3) is 0.778. The summed E-state index contributed by atoms with van der Waals surface area (Å²) in [4.78, 5) is 13.1. The van der Waals surface area contributed by atoms with Crippen LogP contribution in [0, 0.1) is 6.92 Å². The molecule has 0 rings (SSSR count). The smallest absolute Gasteiger partial charge is 0.235 e. The summed E-state index contributed by atoms with van der Waals surface area (Å²) in [5.41, 5.74) is 0. The highest BCUT2D eigenvalue weighted by Gasteiger charge is 2.11. The molecule has 2 N–H and O–H groups in total. The molecule has 1 radical (unpaired) electrons. The summed E-state index contributed by atoms with van der Waals surface area (Å²) in [6.07, 6.45) is 3.65. The van der Waals surface area contributed by atoms with E-state index in [0.29, 0.717) is 6.42 Å². The number of hydrogen-bond donors (Lipinski definition) is 2. The van der Waals surface area contributed by atoms with E-state index in [4.69, 9.17) is 5.11 Å². The monoisotopic (exact) mass is 186 g/mol. The third-order valence-electron chi connectivity index (χ3n) is 1.82. The van der Waals surface area contributed by atoms with Crippen molar-refractivity contribution in [2.75, 3.05) is 6.61 Å². The van der Waals surface area contributed by atoms with E-state index in [0.717, 1.165) is 19.3 Å². The van der Waals surface area contributed by atoms with Crippen molar-refractivity contribution in [1.29, 1.82) is 0 Å². The Labute approximate surface area is 78.3 Å². The lowest BCUT2D eigenvalue weighted by atomic mass is 10.1. The highest BCUT2D eigenvalue weighted by atomic mass is 16.3. The normalized spacial score (nSPS) is 14.7. The maximum absolute atomic E-state index is 9.82. The van der Waals surface area contributed by atoms with Gasteiger partial charge in [0.1, 0.15) is 0 Å². The molecule has 4 nitrogen and oxygen atoms in total. The number of rotatable bonds is 7. The molecule has 13 heavy (non-hydrogen) atoms. The predicted octanol–water partition coefficient (Wildman–Crippen LogP) is 0.438. The van der Waals surface area contributed by atoms with Crippen LogP contribution < -0.4 is 0 Å². The highest BCUT2D eigenvalue weighted by molar-refractivity contribution is 5.33. The Morgan fingerprint density at radius 3 is 2.62 bits per heavy atom. The SMILES string of the molecule is [CH2]C(N=C=O)C(O)CCCCCO. The molecule has 0 bridgehead atoms. The van der Waals surface area contributed by atoms with Crippen LogP contribution in [0.4, 0.5) is 0 Å². The molecule has 0 aromatic heterocycles. The van der Waals surface area contributed by atoms with Crippen LogP contribution in [0.1, 0.15) is 25.7 Å². The van der Waals surface area contributed by atoms with Crippen LogP contribution >= 0.6 is 0 Å². The van der Waals surface area contributed by atoms with Crippen LogP contribution in [0.5, 0.6) is 0 Å². The summed E-state index contributed by atoms with van der Waals surface area (Å²) in [7, 11) is 0. The number of carbonyl (C=O) groups excluding carboxylic acids is 1. The first-order valence-electron chi connectivity index (χ1n) is 4.41. The molecule has 4 heteroatoms. The van der Waals surface area contributed by atoms with Crippen LogP contribution in [0.25, 0.3) is 0 Å². The van der Waals surface area contributed by atoms with Gasteiger partial charge in [-0.2, -0.15) is 4.99 Å². The van der Waals surface area contributed by atoms with E-state index >= 15 is 0 Å². The van der Waals surface area contributed by atoms with Crippen molar-refractivity contribution in [2.45, 2.75) is 37.8 Å². The minimum atomic E-state index is -0.680. The third kappa shape index (κ3) is 6.46. The summed E-state index contributed by atoms with van der Waals surface area (Å²) in [6, 6.07) is -0.619. The van der Waals surface area contributed by atoms with Crippen molar-refractivity contribution < 1.29 is 15.0 Å². The summed E-state index contributed by atoms with van der Waals surface area (Å²) in [5, 5.41) is 17.8. The Hall–Kier alpha value is -0.700. The van der Waals surface area contributed by atoms with E-state index in [1.165, 1.54) is 6.08 Å². The predicted molar refractivity (Wildman–Crippen MR) is 48.8 cm³/mol.